The minimum Gasteiger partial charge on any atom is -0.368 e. The first-order valence-corrected chi connectivity index (χ1v) is 9.99. The number of hydrogen-bond donors (Lipinski definition) is 2. The van der Waals surface area contributed by atoms with Crippen molar-refractivity contribution in [2.75, 3.05) is 42.9 Å². The van der Waals surface area contributed by atoms with Crippen molar-refractivity contribution in [3.8, 4) is 0 Å². The fourth-order valence-corrected chi connectivity index (χ4v) is 4.05. The molecule has 0 spiro atoms. The molecular formula is C20H21N5O2S. The largest absolute Gasteiger partial charge is 0.368 e. The number of urea groups is 1. The highest BCUT2D eigenvalue weighted by Crippen LogP contribution is 2.25. The van der Waals surface area contributed by atoms with E-state index < -0.39 is 0 Å². The molecule has 0 unspecified atom stereocenters. The van der Waals surface area contributed by atoms with Gasteiger partial charge in [-0.25, -0.2) is 9.78 Å². The summed E-state index contributed by atoms with van der Waals surface area (Å²) in [6.07, 6.45) is 0. The van der Waals surface area contributed by atoms with Gasteiger partial charge in [-0.15, -0.1) is 0 Å². The summed E-state index contributed by atoms with van der Waals surface area (Å²) in [7, 11) is 0. The van der Waals surface area contributed by atoms with Gasteiger partial charge in [-0.05, 0) is 24.3 Å². The van der Waals surface area contributed by atoms with E-state index in [1.807, 2.05) is 42.5 Å². The standard InChI is InChI=1S/C20H21N5O2S/c26-18(23-19-22-16-8-4-5-9-17(16)28-19)14-21-20(27)25-12-10-24(11-13-25)15-6-2-1-3-7-15/h1-9H,10-14H2,(H,21,27)(H,22,23,26). The van der Waals surface area contributed by atoms with E-state index in [-0.39, 0.29) is 18.5 Å². The van der Waals surface area contributed by atoms with E-state index in [4.69, 9.17) is 0 Å². The third-order valence-electron chi connectivity index (χ3n) is 4.63. The lowest BCUT2D eigenvalue weighted by Crippen LogP contribution is -2.52. The zero-order valence-electron chi connectivity index (χ0n) is 15.3. The topological polar surface area (TPSA) is 77.6 Å². The summed E-state index contributed by atoms with van der Waals surface area (Å²) in [6, 6.07) is 17.6. The Hall–Kier alpha value is -3.13. The zero-order chi connectivity index (χ0) is 19.3. The quantitative estimate of drug-likeness (QED) is 0.712. The lowest BCUT2D eigenvalue weighted by Gasteiger charge is -2.36. The summed E-state index contributed by atoms with van der Waals surface area (Å²) in [4.78, 5) is 32.8. The van der Waals surface area contributed by atoms with Gasteiger partial charge in [0.1, 0.15) is 0 Å². The Morgan fingerprint density at radius 2 is 1.68 bits per heavy atom. The van der Waals surface area contributed by atoms with Crippen molar-refractivity contribution in [1.29, 1.82) is 0 Å². The number of nitrogens with zero attached hydrogens (tertiary/aromatic N) is 3. The number of anilines is 2. The highest BCUT2D eigenvalue weighted by atomic mass is 32.1. The third-order valence-corrected chi connectivity index (χ3v) is 5.58. The van der Waals surface area contributed by atoms with Crippen LogP contribution in [0.2, 0.25) is 0 Å². The maximum absolute atomic E-state index is 12.3. The van der Waals surface area contributed by atoms with Crippen LogP contribution < -0.4 is 15.5 Å². The Kier molecular flexibility index (Phi) is 5.38. The number of fused-ring (bicyclic) bond motifs is 1. The Morgan fingerprint density at radius 3 is 2.43 bits per heavy atom. The average molecular weight is 395 g/mol. The van der Waals surface area contributed by atoms with Gasteiger partial charge in [-0.2, -0.15) is 0 Å². The zero-order valence-corrected chi connectivity index (χ0v) is 16.1. The molecule has 2 heterocycles. The number of aromatic nitrogens is 1. The molecule has 1 saturated heterocycles. The van der Waals surface area contributed by atoms with Crippen molar-refractivity contribution in [1.82, 2.24) is 15.2 Å². The molecule has 1 aromatic heterocycles. The molecule has 2 aromatic carbocycles. The predicted molar refractivity (Wildman–Crippen MR) is 112 cm³/mol. The minimum absolute atomic E-state index is 0.0757. The summed E-state index contributed by atoms with van der Waals surface area (Å²) in [6.45, 7) is 2.72. The molecule has 1 aliphatic heterocycles. The molecular weight excluding hydrogens is 374 g/mol. The lowest BCUT2D eigenvalue weighted by molar-refractivity contribution is -0.115. The van der Waals surface area contributed by atoms with Crippen LogP contribution in [0.1, 0.15) is 0 Å². The lowest BCUT2D eigenvalue weighted by atomic mass is 10.2. The number of rotatable bonds is 4. The monoisotopic (exact) mass is 395 g/mol. The van der Waals surface area contributed by atoms with Gasteiger partial charge in [-0.1, -0.05) is 41.7 Å². The van der Waals surface area contributed by atoms with Crippen molar-refractivity contribution in [3.05, 3.63) is 54.6 Å². The Morgan fingerprint density at radius 1 is 0.964 bits per heavy atom. The van der Waals surface area contributed by atoms with Gasteiger partial charge in [-0.3, -0.25) is 4.79 Å². The van der Waals surface area contributed by atoms with Crippen molar-refractivity contribution < 1.29 is 9.59 Å². The SMILES string of the molecule is O=C(CNC(=O)N1CCN(c2ccccc2)CC1)Nc1nc2ccccc2s1. The van der Waals surface area contributed by atoms with Crippen LogP contribution >= 0.6 is 11.3 Å². The molecule has 7 nitrogen and oxygen atoms in total. The number of hydrogen-bond acceptors (Lipinski definition) is 5. The first-order chi connectivity index (χ1) is 13.7. The van der Waals surface area contributed by atoms with Gasteiger partial charge in [0.15, 0.2) is 5.13 Å². The molecule has 0 radical (unpaired) electrons. The van der Waals surface area contributed by atoms with Crippen LogP contribution in [0.3, 0.4) is 0 Å². The summed E-state index contributed by atoms with van der Waals surface area (Å²) < 4.78 is 1.01. The van der Waals surface area contributed by atoms with Crippen LogP contribution in [0.4, 0.5) is 15.6 Å². The summed E-state index contributed by atoms with van der Waals surface area (Å²) >= 11 is 1.41. The molecule has 0 aliphatic carbocycles. The van der Waals surface area contributed by atoms with E-state index in [0.29, 0.717) is 18.2 Å². The molecule has 0 atom stereocenters. The Balaban J connectivity index is 1.23. The van der Waals surface area contributed by atoms with Crippen LogP contribution in [0.15, 0.2) is 54.6 Å². The van der Waals surface area contributed by atoms with Crippen LogP contribution in [-0.2, 0) is 4.79 Å². The number of para-hydroxylation sites is 2. The number of carbonyl (C=O) groups excluding carboxylic acids is 2. The van der Waals surface area contributed by atoms with Crippen LogP contribution in [0.5, 0.6) is 0 Å². The minimum atomic E-state index is -0.282. The van der Waals surface area contributed by atoms with Gasteiger partial charge >= 0.3 is 6.03 Å². The average Bonchev–Trinajstić information content (AvgIpc) is 3.15. The normalized spacial score (nSPS) is 14.1. The molecule has 3 amide bonds. The molecule has 0 bridgehead atoms. The molecule has 8 heteroatoms. The van der Waals surface area contributed by atoms with E-state index in [1.54, 1.807) is 4.90 Å². The smallest absolute Gasteiger partial charge is 0.317 e. The Labute approximate surface area is 167 Å². The first kappa shape index (κ1) is 18.2. The van der Waals surface area contributed by atoms with E-state index in [1.165, 1.54) is 11.3 Å². The second-order valence-electron chi connectivity index (χ2n) is 6.50. The highest BCUT2D eigenvalue weighted by Gasteiger charge is 2.21. The number of amides is 3. The van der Waals surface area contributed by atoms with E-state index in [2.05, 4.69) is 32.7 Å². The van der Waals surface area contributed by atoms with Crippen LogP contribution in [0, 0.1) is 0 Å². The summed E-state index contributed by atoms with van der Waals surface area (Å²) in [5, 5.41) is 5.98. The van der Waals surface area contributed by atoms with Gasteiger partial charge in [0, 0.05) is 31.9 Å². The predicted octanol–water partition coefficient (Wildman–Crippen LogP) is 2.77. The second-order valence-corrected chi connectivity index (χ2v) is 7.53. The molecule has 3 aromatic rings. The van der Waals surface area contributed by atoms with Crippen molar-refractivity contribution in [2.24, 2.45) is 0 Å². The molecule has 144 valence electrons. The maximum Gasteiger partial charge on any atom is 0.317 e. The van der Waals surface area contributed by atoms with E-state index >= 15 is 0 Å². The van der Waals surface area contributed by atoms with Crippen molar-refractivity contribution in [3.63, 3.8) is 0 Å². The van der Waals surface area contributed by atoms with Gasteiger partial charge in [0.05, 0.1) is 16.8 Å². The van der Waals surface area contributed by atoms with Crippen LogP contribution in [0.25, 0.3) is 10.2 Å². The third kappa shape index (κ3) is 4.23. The number of carbonyl (C=O) groups is 2. The summed E-state index contributed by atoms with van der Waals surface area (Å²) in [5.74, 6) is -0.282. The highest BCUT2D eigenvalue weighted by molar-refractivity contribution is 7.22. The summed E-state index contributed by atoms with van der Waals surface area (Å²) in [5.41, 5.74) is 2.01. The molecule has 1 aliphatic rings. The molecule has 4 rings (SSSR count). The number of thiazole rings is 1. The molecule has 0 saturated carbocycles. The molecule has 28 heavy (non-hydrogen) atoms. The fraction of sp³-hybridized carbons (Fsp3) is 0.250. The molecule has 2 N–H and O–H groups in total. The number of piperazine rings is 1. The van der Waals surface area contributed by atoms with Gasteiger partial charge in [0.25, 0.3) is 0 Å². The van der Waals surface area contributed by atoms with Crippen LogP contribution in [-0.4, -0.2) is 54.5 Å². The van der Waals surface area contributed by atoms with Crippen molar-refractivity contribution in [2.45, 2.75) is 0 Å². The van der Waals surface area contributed by atoms with Gasteiger partial charge in [0.2, 0.25) is 5.91 Å². The molecule has 1 fully saturated rings. The Bertz CT molecular complexity index is 934. The van der Waals surface area contributed by atoms with Gasteiger partial charge < -0.3 is 20.4 Å². The number of nitrogens with one attached hydrogen (secondary N) is 2. The fourth-order valence-electron chi connectivity index (χ4n) is 3.16. The number of benzene rings is 2. The second kappa shape index (κ2) is 8.26. The van der Waals surface area contributed by atoms with E-state index in [0.717, 1.165) is 29.0 Å². The first-order valence-electron chi connectivity index (χ1n) is 9.17. The van der Waals surface area contributed by atoms with Crippen molar-refractivity contribution >= 4 is 44.3 Å². The maximum atomic E-state index is 12.3. The van der Waals surface area contributed by atoms with E-state index in [9.17, 15) is 9.59 Å².